The van der Waals surface area contributed by atoms with E-state index in [-0.39, 0.29) is 11.3 Å². The number of phenols is 1. The van der Waals surface area contributed by atoms with Gasteiger partial charge in [-0.15, -0.1) is 0 Å². The summed E-state index contributed by atoms with van der Waals surface area (Å²) in [5.41, 5.74) is 6.95. The zero-order valence-corrected chi connectivity index (χ0v) is 8.49. The van der Waals surface area contributed by atoms with Crippen molar-refractivity contribution in [3.8, 4) is 5.75 Å². The van der Waals surface area contributed by atoms with Crippen LogP contribution in [0.3, 0.4) is 0 Å². The van der Waals surface area contributed by atoms with Crippen molar-refractivity contribution in [1.29, 1.82) is 0 Å². The maximum absolute atomic E-state index is 11.3. The third kappa shape index (κ3) is 2.35. The van der Waals surface area contributed by atoms with Gasteiger partial charge in [-0.3, -0.25) is 0 Å². The Morgan fingerprint density at radius 3 is 2.80 bits per heavy atom. The van der Waals surface area contributed by atoms with Gasteiger partial charge in [0, 0.05) is 6.54 Å². The molecule has 0 amide bonds. The number of hydrogen-bond acceptors (Lipinski definition) is 4. The lowest BCUT2D eigenvalue weighted by Gasteiger charge is -2.07. The molecule has 0 aromatic heterocycles. The summed E-state index contributed by atoms with van der Waals surface area (Å²) in [4.78, 5) is 11.3. The molecule has 0 spiro atoms. The number of esters is 1. The first-order chi connectivity index (χ1) is 7.10. The number of rotatable bonds is 3. The van der Waals surface area contributed by atoms with Crippen LogP contribution in [-0.4, -0.2) is 24.7 Å². The highest BCUT2D eigenvalue weighted by Crippen LogP contribution is 2.22. The number of aromatic hydroxyl groups is 1. The van der Waals surface area contributed by atoms with Crippen LogP contribution >= 0.6 is 0 Å². The Balaban J connectivity index is 3.16. The predicted molar refractivity (Wildman–Crippen MR) is 57.5 cm³/mol. The second-order valence-electron chi connectivity index (χ2n) is 3.03. The Hall–Kier alpha value is -1.81. The molecule has 3 N–H and O–H groups in total. The Labute approximate surface area is 88.0 Å². The van der Waals surface area contributed by atoms with Crippen molar-refractivity contribution in [1.82, 2.24) is 0 Å². The Kier molecular flexibility index (Phi) is 3.46. The third-order valence-electron chi connectivity index (χ3n) is 2.06. The molecule has 0 atom stereocenters. The van der Waals surface area contributed by atoms with Gasteiger partial charge < -0.3 is 15.6 Å². The molecule has 0 unspecified atom stereocenters. The van der Waals surface area contributed by atoms with Crippen LogP contribution in [0.1, 0.15) is 15.9 Å². The summed E-state index contributed by atoms with van der Waals surface area (Å²) >= 11 is 0. The largest absolute Gasteiger partial charge is 0.507 e. The fourth-order valence-electron chi connectivity index (χ4n) is 1.15. The van der Waals surface area contributed by atoms with Crippen molar-refractivity contribution in [2.45, 2.75) is 0 Å². The molecule has 0 heterocycles. The minimum Gasteiger partial charge on any atom is -0.507 e. The fourth-order valence-corrected chi connectivity index (χ4v) is 1.15. The van der Waals surface area contributed by atoms with Crippen LogP contribution in [0.2, 0.25) is 0 Å². The monoisotopic (exact) mass is 207 g/mol. The molecule has 0 aliphatic rings. The van der Waals surface area contributed by atoms with Crippen LogP contribution < -0.4 is 5.73 Å². The molecule has 4 nitrogen and oxygen atoms in total. The van der Waals surface area contributed by atoms with Gasteiger partial charge >= 0.3 is 5.97 Å². The molecule has 0 bridgehead atoms. The van der Waals surface area contributed by atoms with E-state index < -0.39 is 5.97 Å². The van der Waals surface area contributed by atoms with E-state index in [9.17, 15) is 9.90 Å². The molecule has 1 rings (SSSR count). The topological polar surface area (TPSA) is 72.5 Å². The van der Waals surface area contributed by atoms with Crippen molar-refractivity contribution in [2.75, 3.05) is 13.7 Å². The van der Waals surface area contributed by atoms with E-state index in [0.29, 0.717) is 12.1 Å². The first-order valence-electron chi connectivity index (χ1n) is 4.39. The lowest BCUT2D eigenvalue weighted by Crippen LogP contribution is -2.05. The predicted octanol–water partition coefficient (Wildman–Crippen LogP) is 1.15. The van der Waals surface area contributed by atoms with Crippen LogP contribution in [0.5, 0.6) is 5.75 Å². The van der Waals surface area contributed by atoms with Crippen LogP contribution in [0.15, 0.2) is 24.8 Å². The SMILES string of the molecule is C=C(CN)c1ccc(O)c(C(=O)OC)c1. The highest BCUT2D eigenvalue weighted by atomic mass is 16.5. The minimum atomic E-state index is -0.584. The van der Waals surface area contributed by atoms with E-state index in [1.165, 1.54) is 19.2 Å². The molecule has 0 saturated heterocycles. The fraction of sp³-hybridized carbons (Fsp3) is 0.182. The van der Waals surface area contributed by atoms with E-state index in [0.717, 1.165) is 5.56 Å². The van der Waals surface area contributed by atoms with Gasteiger partial charge in [0.2, 0.25) is 0 Å². The molecule has 0 saturated carbocycles. The number of hydrogen-bond donors (Lipinski definition) is 2. The van der Waals surface area contributed by atoms with Gasteiger partial charge in [0.05, 0.1) is 7.11 Å². The number of nitrogens with two attached hydrogens (primary N) is 1. The second kappa shape index (κ2) is 4.61. The van der Waals surface area contributed by atoms with Gasteiger partial charge in [-0.2, -0.15) is 0 Å². The molecule has 4 heteroatoms. The third-order valence-corrected chi connectivity index (χ3v) is 2.06. The summed E-state index contributed by atoms with van der Waals surface area (Å²) in [5, 5.41) is 9.43. The van der Waals surface area contributed by atoms with Crippen molar-refractivity contribution >= 4 is 11.5 Å². The van der Waals surface area contributed by atoms with Gasteiger partial charge in [0.1, 0.15) is 11.3 Å². The standard InChI is InChI=1S/C11H13NO3/c1-7(6-12)8-3-4-10(13)9(5-8)11(14)15-2/h3-5,13H,1,6,12H2,2H3. The highest BCUT2D eigenvalue weighted by molar-refractivity contribution is 5.93. The van der Waals surface area contributed by atoms with Gasteiger partial charge in [0.15, 0.2) is 0 Å². The quantitative estimate of drug-likeness (QED) is 0.729. The highest BCUT2D eigenvalue weighted by Gasteiger charge is 2.12. The number of phenolic OH excluding ortho intramolecular Hbond substituents is 1. The second-order valence-corrected chi connectivity index (χ2v) is 3.03. The zero-order valence-electron chi connectivity index (χ0n) is 8.49. The van der Waals surface area contributed by atoms with E-state index in [2.05, 4.69) is 11.3 Å². The summed E-state index contributed by atoms with van der Waals surface area (Å²) in [5.74, 6) is -0.699. The van der Waals surface area contributed by atoms with Crippen LogP contribution in [0.4, 0.5) is 0 Å². The van der Waals surface area contributed by atoms with E-state index >= 15 is 0 Å². The van der Waals surface area contributed by atoms with E-state index in [1.807, 2.05) is 0 Å². The molecule has 80 valence electrons. The minimum absolute atomic E-state index is 0.115. The van der Waals surface area contributed by atoms with E-state index in [1.54, 1.807) is 6.07 Å². The van der Waals surface area contributed by atoms with Crippen LogP contribution in [0.25, 0.3) is 5.57 Å². The summed E-state index contributed by atoms with van der Waals surface area (Å²) < 4.78 is 4.53. The normalized spacial score (nSPS) is 9.73. The Morgan fingerprint density at radius 2 is 2.27 bits per heavy atom. The molecule has 0 radical (unpaired) electrons. The van der Waals surface area contributed by atoms with Crippen molar-refractivity contribution in [2.24, 2.45) is 5.73 Å². The maximum atomic E-state index is 11.3. The average molecular weight is 207 g/mol. The van der Waals surface area contributed by atoms with Gasteiger partial charge in [-0.05, 0) is 23.3 Å². The lowest BCUT2D eigenvalue weighted by molar-refractivity contribution is 0.0597. The Bertz CT molecular complexity index is 399. The summed E-state index contributed by atoms with van der Waals surface area (Å²) in [6, 6.07) is 4.58. The smallest absolute Gasteiger partial charge is 0.341 e. The molecule has 1 aromatic carbocycles. The molecule has 0 aliphatic heterocycles. The lowest BCUT2D eigenvalue weighted by atomic mass is 10.0. The van der Waals surface area contributed by atoms with Gasteiger partial charge in [-0.1, -0.05) is 12.6 Å². The summed E-state index contributed by atoms with van der Waals surface area (Å²) in [6.07, 6.45) is 0. The Morgan fingerprint density at radius 1 is 1.60 bits per heavy atom. The first-order valence-corrected chi connectivity index (χ1v) is 4.39. The number of carbonyl (C=O) groups excluding carboxylic acids is 1. The molecule has 15 heavy (non-hydrogen) atoms. The van der Waals surface area contributed by atoms with Crippen LogP contribution in [-0.2, 0) is 4.74 Å². The van der Waals surface area contributed by atoms with E-state index in [4.69, 9.17) is 5.73 Å². The molecular weight excluding hydrogens is 194 g/mol. The van der Waals surface area contributed by atoms with Crippen molar-refractivity contribution in [3.63, 3.8) is 0 Å². The average Bonchev–Trinajstić information content (AvgIpc) is 2.27. The van der Waals surface area contributed by atoms with Crippen LogP contribution in [0, 0.1) is 0 Å². The number of methoxy groups -OCH3 is 1. The summed E-state index contributed by atoms with van der Waals surface area (Å²) in [6.45, 7) is 4.04. The number of ether oxygens (including phenoxy) is 1. The molecule has 0 aliphatic carbocycles. The van der Waals surface area contributed by atoms with Gasteiger partial charge in [-0.25, -0.2) is 4.79 Å². The van der Waals surface area contributed by atoms with Gasteiger partial charge in [0.25, 0.3) is 0 Å². The molecule has 0 fully saturated rings. The maximum Gasteiger partial charge on any atom is 0.341 e. The van der Waals surface area contributed by atoms with Crippen molar-refractivity contribution < 1.29 is 14.6 Å². The first kappa shape index (κ1) is 11.3. The molecular formula is C11H13NO3. The molecule has 1 aromatic rings. The van der Waals surface area contributed by atoms with Crippen molar-refractivity contribution in [3.05, 3.63) is 35.9 Å². The number of benzene rings is 1. The zero-order chi connectivity index (χ0) is 11.4. The number of carbonyl (C=O) groups is 1. The summed E-state index contributed by atoms with van der Waals surface area (Å²) in [7, 11) is 1.26.